The van der Waals surface area contributed by atoms with Crippen LogP contribution in [0.15, 0.2) is 54.6 Å². The quantitative estimate of drug-likeness (QED) is 0.797. The molecule has 1 atom stereocenters. The Morgan fingerprint density at radius 2 is 1.56 bits per heavy atom. The number of ether oxygens (including phenoxy) is 2. The maximum Gasteiger partial charge on any atom is 0.118 e. The Labute approximate surface area is 108 Å². The van der Waals surface area contributed by atoms with Crippen LogP contribution in [0.4, 0.5) is 0 Å². The summed E-state index contributed by atoms with van der Waals surface area (Å²) in [5.74, 6) is 0.869. The predicted octanol–water partition coefficient (Wildman–Crippen LogP) is 3.63. The summed E-state index contributed by atoms with van der Waals surface area (Å²) in [6.07, 6.45) is 0.960. The largest absolute Gasteiger partial charge is 0.497 e. The highest BCUT2D eigenvalue weighted by atomic mass is 16.5. The van der Waals surface area contributed by atoms with Crippen molar-refractivity contribution in [3.05, 3.63) is 65.7 Å². The molecule has 0 aliphatic carbocycles. The van der Waals surface area contributed by atoms with E-state index in [0.717, 1.165) is 12.2 Å². The zero-order chi connectivity index (χ0) is 12.8. The van der Waals surface area contributed by atoms with E-state index in [9.17, 15) is 0 Å². The van der Waals surface area contributed by atoms with Crippen molar-refractivity contribution < 1.29 is 9.47 Å². The van der Waals surface area contributed by atoms with Crippen LogP contribution in [0.3, 0.4) is 0 Å². The van der Waals surface area contributed by atoms with Gasteiger partial charge in [-0.25, -0.2) is 0 Å². The summed E-state index contributed by atoms with van der Waals surface area (Å²) in [4.78, 5) is 0. The molecule has 0 saturated heterocycles. The van der Waals surface area contributed by atoms with Crippen molar-refractivity contribution in [2.75, 3.05) is 14.2 Å². The van der Waals surface area contributed by atoms with Gasteiger partial charge in [-0.15, -0.1) is 0 Å². The Morgan fingerprint density at radius 1 is 0.889 bits per heavy atom. The lowest BCUT2D eigenvalue weighted by Gasteiger charge is -2.16. The topological polar surface area (TPSA) is 18.5 Å². The van der Waals surface area contributed by atoms with Crippen LogP contribution in [-0.4, -0.2) is 14.2 Å². The molecule has 2 aromatic carbocycles. The van der Waals surface area contributed by atoms with Gasteiger partial charge in [-0.2, -0.15) is 0 Å². The summed E-state index contributed by atoms with van der Waals surface area (Å²) in [6.45, 7) is 0. The minimum atomic E-state index is 0.0818. The van der Waals surface area contributed by atoms with E-state index in [0.29, 0.717) is 0 Å². The van der Waals surface area contributed by atoms with Crippen molar-refractivity contribution >= 4 is 0 Å². The molecule has 0 aromatic heterocycles. The van der Waals surface area contributed by atoms with E-state index in [4.69, 9.17) is 9.47 Å². The smallest absolute Gasteiger partial charge is 0.118 e. The Kier molecular flexibility index (Phi) is 4.37. The normalized spacial score (nSPS) is 12.1. The van der Waals surface area contributed by atoms with Crippen LogP contribution in [0.1, 0.15) is 17.2 Å². The molecular weight excluding hydrogens is 224 g/mol. The average Bonchev–Trinajstić information content (AvgIpc) is 2.46. The van der Waals surface area contributed by atoms with Crippen LogP contribution in [0, 0.1) is 0 Å². The van der Waals surface area contributed by atoms with Crippen molar-refractivity contribution in [2.45, 2.75) is 12.5 Å². The van der Waals surface area contributed by atoms with Crippen LogP contribution in [-0.2, 0) is 11.2 Å². The van der Waals surface area contributed by atoms with Gasteiger partial charge in [-0.05, 0) is 23.3 Å². The molecule has 0 N–H and O–H groups in total. The molecule has 0 fully saturated rings. The Morgan fingerprint density at radius 3 is 2.11 bits per heavy atom. The fraction of sp³-hybridized carbons (Fsp3) is 0.250. The minimum absolute atomic E-state index is 0.0818. The third-order valence-electron chi connectivity index (χ3n) is 3.04. The van der Waals surface area contributed by atoms with Crippen molar-refractivity contribution in [1.82, 2.24) is 0 Å². The van der Waals surface area contributed by atoms with E-state index in [1.807, 2.05) is 18.2 Å². The highest BCUT2D eigenvalue weighted by Crippen LogP contribution is 2.23. The first-order valence-corrected chi connectivity index (χ1v) is 6.04. The molecule has 0 radical (unpaired) electrons. The predicted molar refractivity (Wildman–Crippen MR) is 72.9 cm³/mol. The van der Waals surface area contributed by atoms with Crippen LogP contribution >= 0.6 is 0 Å². The third-order valence-corrected chi connectivity index (χ3v) is 3.04. The minimum Gasteiger partial charge on any atom is -0.497 e. The third kappa shape index (κ3) is 3.11. The molecule has 0 spiro atoms. The van der Waals surface area contributed by atoms with E-state index < -0.39 is 0 Å². The summed E-state index contributed by atoms with van der Waals surface area (Å²) in [5.41, 5.74) is 2.45. The molecule has 0 amide bonds. The molecule has 2 aromatic rings. The first kappa shape index (κ1) is 12.7. The van der Waals surface area contributed by atoms with E-state index in [-0.39, 0.29) is 6.10 Å². The van der Waals surface area contributed by atoms with Crippen LogP contribution in [0.25, 0.3) is 0 Å². The lowest BCUT2D eigenvalue weighted by molar-refractivity contribution is 0.103. The number of hydrogen-bond acceptors (Lipinski definition) is 2. The summed E-state index contributed by atoms with van der Waals surface area (Å²) in [7, 11) is 3.42. The Hall–Kier alpha value is -1.80. The molecule has 18 heavy (non-hydrogen) atoms. The van der Waals surface area contributed by atoms with Gasteiger partial charge in [-0.1, -0.05) is 42.5 Å². The van der Waals surface area contributed by atoms with Gasteiger partial charge < -0.3 is 9.47 Å². The van der Waals surface area contributed by atoms with Crippen molar-refractivity contribution in [3.63, 3.8) is 0 Å². The van der Waals surface area contributed by atoms with Crippen LogP contribution < -0.4 is 4.74 Å². The SMILES string of the molecule is COc1ccc(C(Cc2ccccc2)OC)cc1. The molecule has 94 valence electrons. The molecule has 2 nitrogen and oxygen atoms in total. The number of rotatable bonds is 5. The van der Waals surface area contributed by atoms with Crippen molar-refractivity contribution in [2.24, 2.45) is 0 Å². The second-order valence-corrected chi connectivity index (χ2v) is 4.19. The average molecular weight is 242 g/mol. The van der Waals surface area contributed by atoms with Gasteiger partial charge in [0, 0.05) is 13.5 Å². The number of benzene rings is 2. The monoisotopic (exact) mass is 242 g/mol. The van der Waals surface area contributed by atoms with E-state index in [1.165, 1.54) is 11.1 Å². The zero-order valence-electron chi connectivity index (χ0n) is 10.8. The van der Waals surface area contributed by atoms with E-state index in [2.05, 4.69) is 36.4 Å². The van der Waals surface area contributed by atoms with Gasteiger partial charge in [0.15, 0.2) is 0 Å². The summed E-state index contributed by atoms with van der Waals surface area (Å²) >= 11 is 0. The van der Waals surface area contributed by atoms with E-state index >= 15 is 0 Å². The molecule has 0 aliphatic heterocycles. The lowest BCUT2D eigenvalue weighted by atomic mass is 10.0. The van der Waals surface area contributed by atoms with Gasteiger partial charge in [0.2, 0.25) is 0 Å². The van der Waals surface area contributed by atoms with Gasteiger partial charge in [0.25, 0.3) is 0 Å². The number of methoxy groups -OCH3 is 2. The molecule has 1 unspecified atom stereocenters. The fourth-order valence-electron chi connectivity index (χ4n) is 1.98. The second-order valence-electron chi connectivity index (χ2n) is 4.19. The maximum atomic E-state index is 5.57. The van der Waals surface area contributed by atoms with E-state index in [1.54, 1.807) is 14.2 Å². The lowest BCUT2D eigenvalue weighted by Crippen LogP contribution is -2.05. The molecule has 2 heteroatoms. The molecule has 0 bridgehead atoms. The standard InChI is InChI=1S/C16H18O2/c1-17-15-10-8-14(9-11-15)16(18-2)12-13-6-4-3-5-7-13/h3-11,16H,12H2,1-2H3. The van der Waals surface area contributed by atoms with Gasteiger partial charge in [0.05, 0.1) is 13.2 Å². The first-order chi connectivity index (χ1) is 8.83. The summed E-state index contributed by atoms with van der Waals surface area (Å²) in [5, 5.41) is 0. The molecule has 2 rings (SSSR count). The number of hydrogen-bond donors (Lipinski definition) is 0. The van der Waals surface area contributed by atoms with Crippen LogP contribution in [0.5, 0.6) is 5.75 Å². The Bertz CT molecular complexity index is 462. The van der Waals surface area contributed by atoms with Crippen LogP contribution in [0.2, 0.25) is 0 Å². The van der Waals surface area contributed by atoms with Crippen molar-refractivity contribution in [1.29, 1.82) is 0 Å². The fourth-order valence-corrected chi connectivity index (χ4v) is 1.98. The highest BCUT2D eigenvalue weighted by molar-refractivity contribution is 5.29. The first-order valence-electron chi connectivity index (χ1n) is 6.04. The van der Waals surface area contributed by atoms with Gasteiger partial charge in [-0.3, -0.25) is 0 Å². The summed E-state index contributed by atoms with van der Waals surface area (Å²) < 4.78 is 10.7. The zero-order valence-corrected chi connectivity index (χ0v) is 10.8. The molecular formula is C16H18O2. The molecule has 0 saturated carbocycles. The van der Waals surface area contributed by atoms with Crippen molar-refractivity contribution in [3.8, 4) is 5.75 Å². The molecule has 0 heterocycles. The Balaban J connectivity index is 2.12. The summed E-state index contributed by atoms with van der Waals surface area (Å²) in [6, 6.07) is 18.4. The maximum absolute atomic E-state index is 5.57. The van der Waals surface area contributed by atoms with Gasteiger partial charge >= 0.3 is 0 Å². The van der Waals surface area contributed by atoms with Gasteiger partial charge in [0.1, 0.15) is 5.75 Å². The second kappa shape index (κ2) is 6.22. The highest BCUT2D eigenvalue weighted by Gasteiger charge is 2.11. The molecule has 0 aliphatic rings.